The first kappa shape index (κ1) is 20.3. The zero-order chi connectivity index (χ0) is 17.8. The highest BCUT2D eigenvalue weighted by molar-refractivity contribution is 7.99. The van der Waals surface area contributed by atoms with Gasteiger partial charge in [-0.05, 0) is 11.8 Å². The molecule has 1 N–H and O–H groups in total. The summed E-state index contributed by atoms with van der Waals surface area (Å²) in [5.41, 5.74) is 1.02. The quantitative estimate of drug-likeness (QED) is 0.293. The molecule has 0 aliphatic rings. The predicted molar refractivity (Wildman–Crippen MR) is 97.8 cm³/mol. The summed E-state index contributed by atoms with van der Waals surface area (Å²) in [4.78, 5) is 27.4. The number of carbonyl (C=O) groups excluding carboxylic acids is 1. The van der Waals surface area contributed by atoms with Crippen molar-refractivity contribution in [3.8, 4) is 0 Å². The van der Waals surface area contributed by atoms with Crippen LogP contribution in [0, 0.1) is 0 Å². The van der Waals surface area contributed by atoms with E-state index in [1.807, 2.05) is 36.6 Å². The van der Waals surface area contributed by atoms with E-state index in [1.165, 1.54) is 10.5 Å². The van der Waals surface area contributed by atoms with Gasteiger partial charge in [0.15, 0.2) is 0 Å². The molecule has 9 heteroatoms. The number of rotatable bonds is 10. The highest BCUT2D eigenvalue weighted by Gasteiger charge is 2.17. The van der Waals surface area contributed by atoms with Crippen LogP contribution in [0.1, 0.15) is 12.0 Å². The molecule has 1 amide bonds. The normalized spacial score (nSPS) is 11.0. The maximum atomic E-state index is 11.9. The topological polar surface area (TPSA) is 82.4 Å². The van der Waals surface area contributed by atoms with Gasteiger partial charge in [-0.3, -0.25) is 9.63 Å². The van der Waals surface area contributed by atoms with Crippen LogP contribution < -0.4 is 0 Å². The number of thioether (sulfide) groups is 1. The molecule has 1 aromatic carbocycles. The second-order valence-electron chi connectivity index (χ2n) is 4.67. The van der Waals surface area contributed by atoms with E-state index >= 15 is 0 Å². The van der Waals surface area contributed by atoms with Gasteiger partial charge < -0.3 is 5.11 Å². The molecule has 0 aliphatic carbocycles. The van der Waals surface area contributed by atoms with Crippen molar-refractivity contribution in [2.45, 2.75) is 13.0 Å². The van der Waals surface area contributed by atoms with Crippen LogP contribution in [0.2, 0.25) is 0 Å². The van der Waals surface area contributed by atoms with E-state index < -0.39 is 12.1 Å². The summed E-state index contributed by atoms with van der Waals surface area (Å²) in [6.45, 7) is 0.800. The molecule has 24 heavy (non-hydrogen) atoms. The van der Waals surface area contributed by atoms with Gasteiger partial charge in [0.05, 0.1) is 12.6 Å². The number of aliphatic carboxylic acids is 1. The Morgan fingerprint density at radius 2 is 2.04 bits per heavy atom. The van der Waals surface area contributed by atoms with Gasteiger partial charge in [-0.2, -0.15) is 11.8 Å². The van der Waals surface area contributed by atoms with Crippen molar-refractivity contribution >= 4 is 42.2 Å². The molecule has 1 aromatic rings. The lowest BCUT2D eigenvalue weighted by Gasteiger charge is -2.24. The van der Waals surface area contributed by atoms with Crippen molar-refractivity contribution in [3.05, 3.63) is 35.9 Å². The van der Waals surface area contributed by atoms with Crippen molar-refractivity contribution < 1.29 is 19.5 Å². The first-order chi connectivity index (χ1) is 11.5. The van der Waals surface area contributed by atoms with Crippen LogP contribution in [0.15, 0.2) is 35.5 Å². The molecule has 0 heterocycles. The van der Waals surface area contributed by atoms with E-state index in [0.29, 0.717) is 18.8 Å². The highest BCUT2D eigenvalue weighted by Crippen LogP contribution is 2.19. The fourth-order valence-electron chi connectivity index (χ4n) is 1.61. The maximum Gasteiger partial charge on any atom is 0.446 e. The fraction of sp³-hybridized carbons (Fsp3) is 0.400. The van der Waals surface area contributed by atoms with Crippen molar-refractivity contribution in [3.63, 3.8) is 0 Å². The largest absolute Gasteiger partial charge is 0.481 e. The molecule has 0 aromatic heterocycles. The summed E-state index contributed by atoms with van der Waals surface area (Å²) in [7, 11) is 1.55. The number of carboxylic acids is 1. The molecule has 1 rings (SSSR count). The Morgan fingerprint density at radius 3 is 2.67 bits per heavy atom. The van der Waals surface area contributed by atoms with Gasteiger partial charge >= 0.3 is 12.1 Å². The molecule has 0 spiro atoms. The van der Waals surface area contributed by atoms with E-state index in [0.717, 1.165) is 17.7 Å². The average molecular weight is 371 g/mol. The van der Waals surface area contributed by atoms with E-state index in [4.69, 9.17) is 9.94 Å². The van der Waals surface area contributed by atoms with Gasteiger partial charge in [0.25, 0.3) is 0 Å². The van der Waals surface area contributed by atoms with Crippen LogP contribution in [0.25, 0.3) is 0 Å². The summed E-state index contributed by atoms with van der Waals surface area (Å²) >= 11 is 2.66. The number of carbonyl (C=O) groups is 2. The molecule has 132 valence electrons. The van der Waals surface area contributed by atoms with E-state index in [2.05, 4.69) is 5.16 Å². The van der Waals surface area contributed by atoms with Gasteiger partial charge in [-0.25, -0.2) is 13.4 Å². The summed E-state index contributed by atoms with van der Waals surface area (Å²) in [5, 5.41) is 12.5. The fourth-order valence-corrected chi connectivity index (χ4v) is 2.64. The molecule has 7 nitrogen and oxygen atoms in total. The van der Waals surface area contributed by atoms with Crippen molar-refractivity contribution in [2.24, 2.45) is 5.16 Å². The Balaban J connectivity index is 2.58. The molecular weight excluding hydrogens is 350 g/mol. The molecular formula is C15H21N3O4S2. The lowest BCUT2D eigenvalue weighted by Crippen LogP contribution is -2.28. The predicted octanol–water partition coefficient (Wildman–Crippen LogP) is 2.94. The molecule has 0 aliphatic heterocycles. The monoisotopic (exact) mass is 371 g/mol. The highest BCUT2D eigenvalue weighted by atomic mass is 32.2. The smallest absolute Gasteiger partial charge is 0.446 e. The third kappa shape index (κ3) is 8.80. The third-order valence-corrected chi connectivity index (χ3v) is 4.14. The number of nitrogens with zero attached hydrogens (tertiary/aromatic N) is 3. The number of amides is 1. The van der Waals surface area contributed by atoms with Gasteiger partial charge in [-0.1, -0.05) is 35.5 Å². The van der Waals surface area contributed by atoms with Crippen molar-refractivity contribution in [1.82, 2.24) is 8.61 Å². The van der Waals surface area contributed by atoms with E-state index in [1.54, 1.807) is 23.1 Å². The van der Waals surface area contributed by atoms with Crippen LogP contribution in [0.5, 0.6) is 0 Å². The van der Waals surface area contributed by atoms with E-state index in [9.17, 15) is 9.59 Å². The van der Waals surface area contributed by atoms with Gasteiger partial charge in [-0.15, -0.1) is 0 Å². The molecule has 0 saturated heterocycles. The second kappa shape index (κ2) is 11.8. The number of hydrogen-bond acceptors (Lipinski definition) is 7. The number of carboxylic acid groups (broad SMARTS) is 1. The zero-order valence-electron chi connectivity index (χ0n) is 13.6. The SMILES string of the molecule is CSC/C=N\OC(=O)N(C)SN(CCC(=O)O)Cc1ccccc1. The molecule has 0 unspecified atom stereocenters. The van der Waals surface area contributed by atoms with Gasteiger partial charge in [0, 0.05) is 38.0 Å². The lowest BCUT2D eigenvalue weighted by molar-refractivity contribution is -0.137. The number of oxime groups is 1. The van der Waals surface area contributed by atoms with Crippen LogP contribution in [0.4, 0.5) is 4.79 Å². The van der Waals surface area contributed by atoms with Crippen LogP contribution in [-0.2, 0) is 16.2 Å². The summed E-state index contributed by atoms with van der Waals surface area (Å²) in [5.74, 6) is -0.233. The van der Waals surface area contributed by atoms with Crippen molar-refractivity contribution in [1.29, 1.82) is 0 Å². The second-order valence-corrected chi connectivity index (χ2v) is 6.81. The minimum atomic E-state index is -0.888. The van der Waals surface area contributed by atoms with Crippen LogP contribution >= 0.6 is 23.9 Å². The lowest BCUT2D eigenvalue weighted by atomic mass is 10.2. The molecule has 0 radical (unpaired) electrons. The summed E-state index contributed by atoms with van der Waals surface area (Å²) in [6.07, 6.45) is 2.78. The zero-order valence-corrected chi connectivity index (χ0v) is 15.3. The standard InChI is InChI=1S/C15H21N3O4S2/c1-17(15(21)22-16-9-11-23-2)24-18(10-8-14(19)20)12-13-6-4-3-5-7-13/h3-7,9H,8,10-12H2,1-2H3,(H,19,20)/b16-9-. The third-order valence-electron chi connectivity index (χ3n) is 2.72. The first-order valence-electron chi connectivity index (χ1n) is 7.17. The molecule has 0 saturated carbocycles. The summed E-state index contributed by atoms with van der Waals surface area (Å²) in [6, 6.07) is 9.62. The number of benzene rings is 1. The summed E-state index contributed by atoms with van der Waals surface area (Å²) < 4.78 is 3.07. The van der Waals surface area contributed by atoms with Crippen LogP contribution in [0.3, 0.4) is 0 Å². The number of hydrogen-bond donors (Lipinski definition) is 1. The van der Waals surface area contributed by atoms with Crippen molar-refractivity contribution in [2.75, 3.05) is 25.6 Å². The van der Waals surface area contributed by atoms with Crippen LogP contribution in [-0.4, -0.2) is 57.6 Å². The van der Waals surface area contributed by atoms with Gasteiger partial charge in [0.1, 0.15) is 0 Å². The van der Waals surface area contributed by atoms with Gasteiger partial charge in [0.2, 0.25) is 0 Å². The van der Waals surface area contributed by atoms with E-state index in [-0.39, 0.29) is 6.42 Å². The Hall–Kier alpha value is -1.71. The first-order valence-corrected chi connectivity index (χ1v) is 9.29. The Bertz CT molecular complexity index is 543. The Labute approximate surface area is 150 Å². The molecule has 0 fully saturated rings. The maximum absolute atomic E-state index is 11.9. The minimum absolute atomic E-state index is 0.0192. The Kier molecular flexibility index (Phi) is 9.97. The molecule has 0 bridgehead atoms. The minimum Gasteiger partial charge on any atom is -0.481 e. The molecule has 0 atom stereocenters. The average Bonchev–Trinajstić information content (AvgIpc) is 2.57. The Morgan fingerprint density at radius 1 is 1.33 bits per heavy atom.